The average molecular weight is 217 g/mol. The van der Waals surface area contributed by atoms with Crippen molar-refractivity contribution in [2.75, 3.05) is 0 Å². The fourth-order valence-corrected chi connectivity index (χ4v) is 1.35. The summed E-state index contributed by atoms with van der Waals surface area (Å²) in [4.78, 5) is 17.2. The van der Waals surface area contributed by atoms with Crippen LogP contribution in [0.4, 0.5) is 13.2 Å². The second-order valence-electron chi connectivity index (χ2n) is 3.02. The highest BCUT2D eigenvalue weighted by Gasteiger charge is 2.29. The molecule has 2 aromatic rings. The van der Waals surface area contributed by atoms with Crippen molar-refractivity contribution >= 4 is 11.0 Å². The monoisotopic (exact) mass is 217 g/mol. The molecule has 0 atom stereocenters. The zero-order valence-corrected chi connectivity index (χ0v) is 7.38. The Hall–Kier alpha value is -1.79. The predicted molar refractivity (Wildman–Crippen MR) is 46.4 cm³/mol. The summed E-state index contributed by atoms with van der Waals surface area (Å²) in [5.41, 5.74) is -0.283. The van der Waals surface area contributed by atoms with Crippen molar-refractivity contribution in [3.63, 3.8) is 0 Å². The number of hydrogen-bond donors (Lipinski definition) is 1. The molecule has 0 spiro atoms. The van der Waals surface area contributed by atoms with Gasteiger partial charge < -0.3 is 4.98 Å². The molecule has 0 unspecified atom stereocenters. The van der Waals surface area contributed by atoms with Gasteiger partial charge in [0.2, 0.25) is 0 Å². The van der Waals surface area contributed by atoms with Crippen molar-refractivity contribution in [2.45, 2.75) is 12.7 Å². The summed E-state index contributed by atoms with van der Waals surface area (Å²) in [5.74, 6) is 0. The maximum absolute atomic E-state index is 12.1. The van der Waals surface area contributed by atoms with Gasteiger partial charge in [0.1, 0.15) is 6.54 Å². The number of aromatic amines is 1. The highest BCUT2D eigenvalue weighted by atomic mass is 19.4. The van der Waals surface area contributed by atoms with Crippen LogP contribution in [0.3, 0.4) is 0 Å². The molecule has 0 aromatic carbocycles. The maximum atomic E-state index is 12.1. The lowest BCUT2D eigenvalue weighted by Crippen LogP contribution is -2.26. The Morgan fingerprint density at radius 2 is 2.20 bits per heavy atom. The number of pyridine rings is 1. The number of hydrogen-bond acceptors (Lipinski definition) is 2. The van der Waals surface area contributed by atoms with Crippen LogP contribution in [0.5, 0.6) is 0 Å². The van der Waals surface area contributed by atoms with Crippen molar-refractivity contribution in [1.29, 1.82) is 0 Å². The largest absolute Gasteiger partial charge is 0.406 e. The maximum Gasteiger partial charge on any atom is 0.406 e. The third-order valence-corrected chi connectivity index (χ3v) is 1.91. The van der Waals surface area contributed by atoms with Crippen LogP contribution in [0.2, 0.25) is 0 Å². The molecule has 0 aliphatic rings. The highest BCUT2D eigenvalue weighted by Crippen LogP contribution is 2.18. The van der Waals surface area contributed by atoms with Crippen LogP contribution >= 0.6 is 0 Å². The quantitative estimate of drug-likeness (QED) is 0.782. The summed E-state index contributed by atoms with van der Waals surface area (Å²) in [5, 5.41) is 0. The van der Waals surface area contributed by atoms with Crippen molar-refractivity contribution in [3.05, 3.63) is 28.9 Å². The van der Waals surface area contributed by atoms with E-state index in [1.165, 1.54) is 18.5 Å². The molecule has 0 radical (unpaired) electrons. The number of nitrogens with one attached hydrogen (secondary N) is 1. The van der Waals surface area contributed by atoms with E-state index in [0.29, 0.717) is 10.1 Å². The number of rotatable bonds is 1. The Balaban J connectivity index is 2.60. The van der Waals surface area contributed by atoms with Gasteiger partial charge in [-0.15, -0.1) is 0 Å². The molecule has 0 saturated carbocycles. The van der Waals surface area contributed by atoms with Crippen molar-refractivity contribution in [3.8, 4) is 0 Å². The van der Waals surface area contributed by atoms with Crippen LogP contribution in [-0.2, 0) is 6.54 Å². The third kappa shape index (κ3) is 1.85. The van der Waals surface area contributed by atoms with E-state index in [2.05, 4.69) is 9.97 Å². The zero-order valence-electron chi connectivity index (χ0n) is 7.38. The molecular weight excluding hydrogens is 211 g/mol. The molecule has 0 aliphatic heterocycles. The molecule has 15 heavy (non-hydrogen) atoms. The molecule has 2 rings (SSSR count). The second kappa shape index (κ2) is 3.11. The van der Waals surface area contributed by atoms with Crippen LogP contribution in [-0.4, -0.2) is 20.7 Å². The number of imidazole rings is 1. The van der Waals surface area contributed by atoms with Crippen molar-refractivity contribution < 1.29 is 13.2 Å². The Kier molecular flexibility index (Phi) is 2.02. The number of alkyl halides is 3. The number of fused-ring (bicyclic) bond motifs is 1. The average Bonchev–Trinajstić information content (AvgIpc) is 2.41. The molecule has 4 nitrogen and oxygen atoms in total. The highest BCUT2D eigenvalue weighted by molar-refractivity contribution is 5.73. The first-order valence-corrected chi connectivity index (χ1v) is 4.07. The Labute approximate surface area is 81.4 Å². The van der Waals surface area contributed by atoms with E-state index in [1.54, 1.807) is 0 Å². The van der Waals surface area contributed by atoms with E-state index in [0.717, 1.165) is 0 Å². The fourth-order valence-electron chi connectivity index (χ4n) is 1.35. The lowest BCUT2D eigenvalue weighted by Gasteiger charge is -2.06. The van der Waals surface area contributed by atoms with Crippen LogP contribution in [0.15, 0.2) is 23.3 Å². The van der Waals surface area contributed by atoms with Crippen molar-refractivity contribution in [1.82, 2.24) is 14.5 Å². The smallest absolute Gasteiger partial charge is 0.304 e. The van der Waals surface area contributed by atoms with Gasteiger partial charge in [-0.05, 0) is 6.07 Å². The van der Waals surface area contributed by atoms with Gasteiger partial charge in [0.25, 0.3) is 0 Å². The van der Waals surface area contributed by atoms with Gasteiger partial charge in [-0.3, -0.25) is 9.55 Å². The van der Waals surface area contributed by atoms with Crippen LogP contribution < -0.4 is 5.69 Å². The van der Waals surface area contributed by atoms with Crippen LogP contribution in [0.1, 0.15) is 0 Å². The molecule has 2 aromatic heterocycles. The van der Waals surface area contributed by atoms with E-state index in [9.17, 15) is 18.0 Å². The summed E-state index contributed by atoms with van der Waals surface area (Å²) in [6, 6.07) is 1.36. The Morgan fingerprint density at radius 3 is 2.87 bits per heavy atom. The van der Waals surface area contributed by atoms with Crippen LogP contribution in [0.25, 0.3) is 11.0 Å². The minimum absolute atomic E-state index is 0.201. The number of aromatic nitrogens is 3. The number of halogens is 3. The first-order chi connectivity index (χ1) is 6.97. The molecule has 1 N–H and O–H groups in total. The van der Waals surface area contributed by atoms with Gasteiger partial charge in [-0.2, -0.15) is 13.2 Å². The van der Waals surface area contributed by atoms with Crippen molar-refractivity contribution in [2.24, 2.45) is 0 Å². The minimum Gasteiger partial charge on any atom is -0.304 e. The van der Waals surface area contributed by atoms with E-state index >= 15 is 0 Å². The molecule has 0 saturated heterocycles. The third-order valence-electron chi connectivity index (χ3n) is 1.91. The molecule has 0 amide bonds. The summed E-state index contributed by atoms with van der Waals surface area (Å²) >= 11 is 0. The molecule has 0 bridgehead atoms. The number of nitrogens with zero attached hydrogens (tertiary/aromatic N) is 2. The molecule has 0 aliphatic carbocycles. The minimum atomic E-state index is -4.41. The Morgan fingerprint density at radius 1 is 1.47 bits per heavy atom. The van der Waals surface area contributed by atoms with Gasteiger partial charge in [0, 0.05) is 6.20 Å². The van der Waals surface area contributed by atoms with Gasteiger partial charge in [0.15, 0.2) is 0 Å². The second-order valence-corrected chi connectivity index (χ2v) is 3.02. The molecular formula is C8H6F3N3O. The summed E-state index contributed by atoms with van der Waals surface area (Å²) in [7, 11) is 0. The van der Waals surface area contributed by atoms with E-state index in [4.69, 9.17) is 0 Å². The molecule has 80 valence electrons. The first-order valence-electron chi connectivity index (χ1n) is 4.07. The van der Waals surface area contributed by atoms with Crippen LogP contribution in [0, 0.1) is 0 Å². The van der Waals surface area contributed by atoms with E-state index < -0.39 is 18.4 Å². The SMILES string of the molecule is O=c1[nH]c2cnccc2n1CC(F)(F)F. The molecule has 2 heterocycles. The number of H-pyrrole nitrogens is 1. The van der Waals surface area contributed by atoms with E-state index in [-0.39, 0.29) is 5.52 Å². The summed E-state index contributed by atoms with van der Waals surface area (Å²) in [6.07, 6.45) is -1.77. The standard InChI is InChI=1S/C8H6F3N3O/c9-8(10,11)4-14-6-1-2-12-3-5(6)13-7(14)15/h1-3H,4H2,(H,13,15). The van der Waals surface area contributed by atoms with Gasteiger partial charge in [-0.25, -0.2) is 4.79 Å². The lowest BCUT2D eigenvalue weighted by atomic mass is 10.4. The predicted octanol–water partition coefficient (Wildman–Crippen LogP) is 1.29. The molecule has 0 fully saturated rings. The fraction of sp³-hybridized carbons (Fsp3) is 0.250. The Bertz CT molecular complexity index is 540. The zero-order chi connectivity index (χ0) is 11.1. The normalized spacial score (nSPS) is 12.2. The van der Waals surface area contributed by atoms with E-state index in [1.807, 2.05) is 0 Å². The molecule has 7 heteroatoms. The summed E-state index contributed by atoms with van der Waals surface area (Å²) < 4.78 is 37.0. The topological polar surface area (TPSA) is 50.7 Å². The lowest BCUT2D eigenvalue weighted by molar-refractivity contribution is -0.140. The van der Waals surface area contributed by atoms with Gasteiger partial charge >= 0.3 is 11.9 Å². The van der Waals surface area contributed by atoms with Gasteiger partial charge in [-0.1, -0.05) is 0 Å². The first kappa shape index (κ1) is 9.75. The van der Waals surface area contributed by atoms with Gasteiger partial charge in [0.05, 0.1) is 17.2 Å². The summed E-state index contributed by atoms with van der Waals surface area (Å²) in [6.45, 7) is -1.30.